The summed E-state index contributed by atoms with van der Waals surface area (Å²) in [4.78, 5) is 28.6. The van der Waals surface area contributed by atoms with E-state index >= 15 is 0 Å². The van der Waals surface area contributed by atoms with Gasteiger partial charge in [-0.2, -0.15) is 0 Å². The van der Waals surface area contributed by atoms with Crippen LogP contribution in [0.3, 0.4) is 0 Å². The zero-order valence-corrected chi connectivity index (χ0v) is 14.0. The SMILES string of the molecule is CC1Sc2ccc(CNC(=O)c3ccncc3)cc2NC1=O.Cl. The van der Waals surface area contributed by atoms with Crippen molar-refractivity contribution >= 4 is 41.7 Å². The molecule has 0 aliphatic carbocycles. The van der Waals surface area contributed by atoms with Gasteiger partial charge in [0.2, 0.25) is 5.91 Å². The predicted octanol–water partition coefficient (Wildman–Crippen LogP) is 2.87. The third-order valence-corrected chi connectivity index (χ3v) is 4.55. The summed E-state index contributed by atoms with van der Waals surface area (Å²) in [6.07, 6.45) is 3.17. The summed E-state index contributed by atoms with van der Waals surface area (Å²) >= 11 is 1.54. The number of aromatic nitrogens is 1. The molecule has 2 N–H and O–H groups in total. The first-order valence-corrected chi connectivity index (χ1v) is 7.80. The molecule has 1 atom stereocenters. The van der Waals surface area contributed by atoms with E-state index in [1.54, 1.807) is 36.3 Å². The van der Waals surface area contributed by atoms with Crippen molar-refractivity contribution in [3.8, 4) is 0 Å². The minimum Gasteiger partial charge on any atom is -0.348 e. The van der Waals surface area contributed by atoms with Crippen LogP contribution in [-0.2, 0) is 11.3 Å². The Bertz CT molecular complexity index is 725. The Kier molecular flexibility index (Phi) is 5.63. The van der Waals surface area contributed by atoms with Crippen molar-refractivity contribution < 1.29 is 9.59 Å². The average Bonchev–Trinajstić information content (AvgIpc) is 2.54. The van der Waals surface area contributed by atoms with Crippen LogP contribution < -0.4 is 10.6 Å². The number of thioether (sulfide) groups is 1. The van der Waals surface area contributed by atoms with Gasteiger partial charge in [-0.3, -0.25) is 14.6 Å². The van der Waals surface area contributed by atoms with Gasteiger partial charge in [-0.1, -0.05) is 6.07 Å². The van der Waals surface area contributed by atoms with E-state index in [0.717, 1.165) is 16.1 Å². The van der Waals surface area contributed by atoms with Crippen LogP contribution >= 0.6 is 24.2 Å². The van der Waals surface area contributed by atoms with Crippen molar-refractivity contribution in [2.45, 2.75) is 23.6 Å². The Morgan fingerprint density at radius 1 is 1.30 bits per heavy atom. The first-order valence-electron chi connectivity index (χ1n) is 6.92. The molecule has 120 valence electrons. The van der Waals surface area contributed by atoms with Gasteiger partial charge in [-0.15, -0.1) is 24.2 Å². The molecule has 1 aliphatic rings. The van der Waals surface area contributed by atoms with Crippen LogP contribution in [0.25, 0.3) is 0 Å². The fourth-order valence-electron chi connectivity index (χ4n) is 2.15. The highest BCUT2D eigenvalue weighted by atomic mass is 35.5. The monoisotopic (exact) mass is 349 g/mol. The van der Waals surface area contributed by atoms with Crippen molar-refractivity contribution in [2.75, 3.05) is 5.32 Å². The van der Waals surface area contributed by atoms with Crippen LogP contribution in [0.4, 0.5) is 5.69 Å². The van der Waals surface area contributed by atoms with Crippen LogP contribution in [0.2, 0.25) is 0 Å². The van der Waals surface area contributed by atoms with Gasteiger partial charge in [0.15, 0.2) is 0 Å². The zero-order chi connectivity index (χ0) is 15.5. The molecule has 1 aromatic carbocycles. The number of anilines is 1. The summed E-state index contributed by atoms with van der Waals surface area (Å²) < 4.78 is 0. The van der Waals surface area contributed by atoms with E-state index in [-0.39, 0.29) is 29.5 Å². The number of rotatable bonds is 3. The first kappa shape index (κ1) is 17.3. The van der Waals surface area contributed by atoms with E-state index in [1.807, 2.05) is 25.1 Å². The fourth-order valence-corrected chi connectivity index (χ4v) is 3.08. The van der Waals surface area contributed by atoms with Gasteiger partial charge in [0.1, 0.15) is 0 Å². The molecule has 0 spiro atoms. The van der Waals surface area contributed by atoms with Gasteiger partial charge < -0.3 is 10.6 Å². The van der Waals surface area contributed by atoms with Crippen LogP contribution in [-0.4, -0.2) is 22.0 Å². The van der Waals surface area contributed by atoms with Gasteiger partial charge in [-0.05, 0) is 36.8 Å². The van der Waals surface area contributed by atoms with Gasteiger partial charge >= 0.3 is 0 Å². The van der Waals surface area contributed by atoms with Gasteiger partial charge in [-0.25, -0.2) is 0 Å². The highest BCUT2D eigenvalue weighted by Gasteiger charge is 2.22. The minimum atomic E-state index is -0.146. The Labute approximate surface area is 144 Å². The molecule has 2 amide bonds. The number of carbonyl (C=O) groups excluding carboxylic acids is 2. The smallest absolute Gasteiger partial charge is 0.251 e. The topological polar surface area (TPSA) is 71.1 Å². The van der Waals surface area contributed by atoms with E-state index in [1.165, 1.54) is 0 Å². The number of carbonyl (C=O) groups is 2. The molecule has 1 unspecified atom stereocenters. The Hall–Kier alpha value is -2.05. The standard InChI is InChI=1S/C16H15N3O2S.ClH/c1-10-15(20)19-13-8-11(2-3-14(13)22-10)9-18-16(21)12-4-6-17-7-5-12;/h2-8,10H,9H2,1H3,(H,18,21)(H,19,20);1H. The lowest BCUT2D eigenvalue weighted by Crippen LogP contribution is -2.27. The number of amides is 2. The van der Waals surface area contributed by atoms with E-state index in [4.69, 9.17) is 0 Å². The highest BCUT2D eigenvalue weighted by molar-refractivity contribution is 8.00. The molecule has 5 nitrogen and oxygen atoms in total. The molecule has 0 radical (unpaired) electrons. The molecule has 7 heteroatoms. The van der Waals surface area contributed by atoms with Crippen molar-refractivity contribution in [3.05, 3.63) is 53.9 Å². The lowest BCUT2D eigenvalue weighted by molar-refractivity contribution is -0.115. The molecule has 0 fully saturated rings. The van der Waals surface area contributed by atoms with E-state index in [2.05, 4.69) is 15.6 Å². The number of benzene rings is 1. The molecular weight excluding hydrogens is 334 g/mol. The Morgan fingerprint density at radius 2 is 2.04 bits per heavy atom. The molecular formula is C16H16ClN3O2S. The maximum Gasteiger partial charge on any atom is 0.251 e. The summed E-state index contributed by atoms with van der Waals surface area (Å²) in [5.41, 5.74) is 2.33. The summed E-state index contributed by atoms with van der Waals surface area (Å²) in [6, 6.07) is 9.17. The number of hydrogen-bond donors (Lipinski definition) is 2. The van der Waals surface area contributed by atoms with Gasteiger partial charge in [0.25, 0.3) is 5.91 Å². The van der Waals surface area contributed by atoms with Crippen molar-refractivity contribution in [3.63, 3.8) is 0 Å². The van der Waals surface area contributed by atoms with Crippen molar-refractivity contribution in [1.29, 1.82) is 0 Å². The van der Waals surface area contributed by atoms with E-state index in [9.17, 15) is 9.59 Å². The van der Waals surface area contributed by atoms with E-state index < -0.39 is 0 Å². The number of nitrogens with one attached hydrogen (secondary N) is 2. The maximum absolute atomic E-state index is 12.0. The third-order valence-electron chi connectivity index (χ3n) is 3.37. The molecule has 0 bridgehead atoms. The molecule has 1 aromatic heterocycles. The summed E-state index contributed by atoms with van der Waals surface area (Å²) in [5.74, 6) is -0.136. The molecule has 0 saturated heterocycles. The first-order chi connectivity index (χ1) is 10.6. The Balaban J connectivity index is 0.00000192. The molecule has 1 aliphatic heterocycles. The van der Waals surface area contributed by atoms with Gasteiger partial charge in [0, 0.05) is 29.4 Å². The number of nitrogens with zero attached hydrogens (tertiary/aromatic N) is 1. The number of pyridine rings is 1. The second-order valence-corrected chi connectivity index (χ2v) is 6.38. The maximum atomic E-state index is 12.0. The zero-order valence-electron chi connectivity index (χ0n) is 12.4. The van der Waals surface area contributed by atoms with Crippen molar-refractivity contribution in [1.82, 2.24) is 10.3 Å². The molecule has 23 heavy (non-hydrogen) atoms. The number of hydrogen-bond acceptors (Lipinski definition) is 4. The average molecular weight is 350 g/mol. The second-order valence-electron chi connectivity index (χ2n) is 5.00. The molecule has 2 aromatic rings. The molecule has 3 rings (SSSR count). The quantitative estimate of drug-likeness (QED) is 0.893. The molecule has 2 heterocycles. The molecule has 0 saturated carbocycles. The fraction of sp³-hybridized carbons (Fsp3) is 0.188. The highest BCUT2D eigenvalue weighted by Crippen LogP contribution is 2.35. The van der Waals surface area contributed by atoms with E-state index in [0.29, 0.717) is 12.1 Å². The second kappa shape index (κ2) is 7.48. The normalized spacial score (nSPS) is 15.9. The predicted molar refractivity (Wildman–Crippen MR) is 93.0 cm³/mol. The minimum absolute atomic E-state index is 0. The lowest BCUT2D eigenvalue weighted by Gasteiger charge is -2.22. The largest absolute Gasteiger partial charge is 0.348 e. The van der Waals surface area contributed by atoms with Crippen LogP contribution in [0.1, 0.15) is 22.8 Å². The third kappa shape index (κ3) is 4.03. The van der Waals surface area contributed by atoms with Crippen LogP contribution in [0.5, 0.6) is 0 Å². The summed E-state index contributed by atoms with van der Waals surface area (Å²) in [6.45, 7) is 2.29. The summed E-state index contributed by atoms with van der Waals surface area (Å²) in [5, 5.41) is 5.67. The van der Waals surface area contributed by atoms with Crippen LogP contribution in [0, 0.1) is 0 Å². The van der Waals surface area contributed by atoms with Crippen LogP contribution in [0.15, 0.2) is 47.6 Å². The summed E-state index contributed by atoms with van der Waals surface area (Å²) in [7, 11) is 0. The number of fused-ring (bicyclic) bond motifs is 1. The number of halogens is 1. The lowest BCUT2D eigenvalue weighted by atomic mass is 10.1. The van der Waals surface area contributed by atoms with Crippen molar-refractivity contribution in [2.24, 2.45) is 0 Å². The van der Waals surface area contributed by atoms with Gasteiger partial charge in [0.05, 0.1) is 10.9 Å². The Morgan fingerprint density at radius 3 is 2.78 bits per heavy atom.